The standard InChI is InChI=1S/C14H23N5O/c1-3-18(4-2)14(20)19(9-7-13(15)16)11-12-6-5-8-17-10-12/h5-6,8,10H,3-4,7,9,11H2,1-2H3,(H3,15,16). The van der Waals surface area contributed by atoms with Crippen LogP contribution in [0.25, 0.3) is 0 Å². The van der Waals surface area contributed by atoms with Gasteiger partial charge in [0.1, 0.15) is 0 Å². The predicted molar refractivity (Wildman–Crippen MR) is 79.5 cm³/mol. The van der Waals surface area contributed by atoms with E-state index in [9.17, 15) is 4.79 Å². The summed E-state index contributed by atoms with van der Waals surface area (Å²) in [4.78, 5) is 20.0. The lowest BCUT2D eigenvalue weighted by atomic mass is 10.2. The molecule has 0 saturated carbocycles. The van der Waals surface area contributed by atoms with Crippen LogP contribution in [-0.2, 0) is 6.54 Å². The summed E-state index contributed by atoms with van der Waals surface area (Å²) in [7, 11) is 0. The minimum Gasteiger partial charge on any atom is -0.388 e. The topological polar surface area (TPSA) is 86.3 Å². The van der Waals surface area contributed by atoms with Gasteiger partial charge in [0.25, 0.3) is 0 Å². The second-order valence-corrected chi connectivity index (χ2v) is 4.51. The Balaban J connectivity index is 2.78. The summed E-state index contributed by atoms with van der Waals surface area (Å²) in [5.74, 6) is 0.0912. The lowest BCUT2D eigenvalue weighted by molar-refractivity contribution is 0.156. The van der Waals surface area contributed by atoms with E-state index in [4.69, 9.17) is 11.1 Å². The van der Waals surface area contributed by atoms with Gasteiger partial charge < -0.3 is 15.5 Å². The highest BCUT2D eigenvalue weighted by Gasteiger charge is 2.18. The zero-order valence-corrected chi connectivity index (χ0v) is 12.2. The number of hydrogen-bond acceptors (Lipinski definition) is 3. The number of urea groups is 1. The number of nitrogens with zero attached hydrogens (tertiary/aromatic N) is 3. The van der Waals surface area contributed by atoms with Crippen LogP contribution in [0.15, 0.2) is 24.5 Å². The molecule has 0 bridgehead atoms. The number of nitrogens with two attached hydrogens (primary N) is 1. The van der Waals surface area contributed by atoms with E-state index in [-0.39, 0.29) is 11.9 Å². The molecule has 110 valence electrons. The number of pyridine rings is 1. The molecule has 1 aromatic heterocycles. The van der Waals surface area contributed by atoms with Crippen molar-refractivity contribution in [2.75, 3.05) is 19.6 Å². The van der Waals surface area contributed by atoms with Crippen LogP contribution >= 0.6 is 0 Å². The molecule has 0 unspecified atom stereocenters. The Kier molecular flexibility index (Phi) is 6.49. The van der Waals surface area contributed by atoms with Gasteiger partial charge in [0, 0.05) is 45.0 Å². The smallest absolute Gasteiger partial charge is 0.320 e. The molecule has 0 radical (unpaired) electrons. The van der Waals surface area contributed by atoms with E-state index in [0.717, 1.165) is 5.56 Å². The van der Waals surface area contributed by atoms with E-state index < -0.39 is 0 Å². The van der Waals surface area contributed by atoms with Crippen LogP contribution in [0.2, 0.25) is 0 Å². The normalized spacial score (nSPS) is 10.1. The number of carbonyl (C=O) groups excluding carboxylic acids is 1. The molecule has 0 aliphatic carbocycles. The fourth-order valence-electron chi connectivity index (χ4n) is 1.90. The second kappa shape index (κ2) is 8.14. The van der Waals surface area contributed by atoms with Gasteiger partial charge in [-0.3, -0.25) is 10.4 Å². The average molecular weight is 277 g/mol. The minimum absolute atomic E-state index is 0.0277. The number of amidine groups is 1. The number of amides is 2. The molecule has 20 heavy (non-hydrogen) atoms. The van der Waals surface area contributed by atoms with E-state index in [1.54, 1.807) is 22.2 Å². The molecule has 1 aromatic rings. The molecule has 2 amide bonds. The predicted octanol–water partition coefficient (Wildman–Crippen LogP) is 1.67. The number of rotatable bonds is 7. The average Bonchev–Trinajstić information content (AvgIpc) is 2.45. The SMILES string of the molecule is CCN(CC)C(=O)N(CCC(=N)N)Cc1cccnc1. The second-order valence-electron chi connectivity index (χ2n) is 4.51. The van der Waals surface area contributed by atoms with Crippen LogP contribution < -0.4 is 5.73 Å². The molecule has 6 heteroatoms. The fraction of sp³-hybridized carbons (Fsp3) is 0.500. The molecule has 3 N–H and O–H groups in total. The molecule has 1 heterocycles. The number of carbonyl (C=O) groups is 1. The van der Waals surface area contributed by atoms with E-state index in [2.05, 4.69) is 4.98 Å². The van der Waals surface area contributed by atoms with Crippen molar-refractivity contribution in [3.05, 3.63) is 30.1 Å². The van der Waals surface area contributed by atoms with Gasteiger partial charge in [-0.1, -0.05) is 6.07 Å². The maximum Gasteiger partial charge on any atom is 0.320 e. The van der Waals surface area contributed by atoms with Crippen LogP contribution in [0.3, 0.4) is 0 Å². The van der Waals surface area contributed by atoms with Crippen LogP contribution in [0.1, 0.15) is 25.8 Å². The molecular formula is C14H23N5O. The Labute approximate surface area is 120 Å². The van der Waals surface area contributed by atoms with Gasteiger partial charge >= 0.3 is 6.03 Å². The molecule has 0 saturated heterocycles. The van der Waals surface area contributed by atoms with Gasteiger partial charge in [0.2, 0.25) is 0 Å². The first-order valence-corrected chi connectivity index (χ1v) is 6.84. The summed E-state index contributed by atoms with van der Waals surface area (Å²) in [5, 5.41) is 7.32. The quantitative estimate of drug-likeness (QED) is 0.587. The lowest BCUT2D eigenvalue weighted by Gasteiger charge is -2.29. The van der Waals surface area contributed by atoms with E-state index in [1.807, 2.05) is 26.0 Å². The summed E-state index contributed by atoms with van der Waals surface area (Å²) in [6, 6.07) is 3.75. The van der Waals surface area contributed by atoms with Crippen molar-refractivity contribution < 1.29 is 4.79 Å². The van der Waals surface area contributed by atoms with Crippen molar-refractivity contribution in [1.82, 2.24) is 14.8 Å². The van der Waals surface area contributed by atoms with Crippen molar-refractivity contribution in [3.8, 4) is 0 Å². The summed E-state index contributed by atoms with van der Waals surface area (Å²) in [6.45, 7) is 6.16. The molecule has 0 atom stereocenters. The Morgan fingerprint density at radius 2 is 2.05 bits per heavy atom. The Bertz CT molecular complexity index is 430. The number of aromatic nitrogens is 1. The monoisotopic (exact) mass is 277 g/mol. The lowest BCUT2D eigenvalue weighted by Crippen LogP contribution is -2.43. The third-order valence-corrected chi connectivity index (χ3v) is 3.05. The molecule has 6 nitrogen and oxygen atoms in total. The van der Waals surface area contributed by atoms with Crippen LogP contribution in [-0.4, -0.2) is 46.3 Å². The number of nitrogens with one attached hydrogen (secondary N) is 1. The maximum atomic E-state index is 12.4. The van der Waals surface area contributed by atoms with Crippen molar-refractivity contribution in [1.29, 1.82) is 5.41 Å². The van der Waals surface area contributed by atoms with Gasteiger partial charge in [0.05, 0.1) is 5.84 Å². The van der Waals surface area contributed by atoms with Gasteiger partial charge in [-0.2, -0.15) is 0 Å². The van der Waals surface area contributed by atoms with Crippen LogP contribution in [0, 0.1) is 5.41 Å². The first kappa shape index (κ1) is 15.9. The zero-order valence-electron chi connectivity index (χ0n) is 12.2. The first-order chi connectivity index (χ1) is 9.58. The van der Waals surface area contributed by atoms with Crippen molar-refractivity contribution in [3.63, 3.8) is 0 Å². The highest BCUT2D eigenvalue weighted by Crippen LogP contribution is 2.07. The minimum atomic E-state index is -0.0277. The van der Waals surface area contributed by atoms with E-state index >= 15 is 0 Å². The van der Waals surface area contributed by atoms with Crippen molar-refractivity contribution in [2.24, 2.45) is 5.73 Å². The van der Waals surface area contributed by atoms with Crippen molar-refractivity contribution >= 4 is 11.9 Å². The summed E-state index contributed by atoms with van der Waals surface area (Å²) in [5.41, 5.74) is 6.36. The van der Waals surface area contributed by atoms with Gasteiger partial charge in [-0.25, -0.2) is 4.79 Å². The fourth-order valence-corrected chi connectivity index (χ4v) is 1.90. The molecule has 0 aromatic carbocycles. The van der Waals surface area contributed by atoms with Gasteiger partial charge in [-0.05, 0) is 25.5 Å². The molecule has 0 fully saturated rings. The summed E-state index contributed by atoms with van der Waals surface area (Å²) in [6.07, 6.45) is 3.83. The molecule has 0 aliphatic heterocycles. The zero-order chi connectivity index (χ0) is 15.0. The first-order valence-electron chi connectivity index (χ1n) is 6.84. The van der Waals surface area contributed by atoms with Gasteiger partial charge in [0.15, 0.2) is 0 Å². The molecule has 1 rings (SSSR count). The third-order valence-electron chi connectivity index (χ3n) is 3.05. The Hall–Kier alpha value is -2.11. The third kappa shape index (κ3) is 4.87. The van der Waals surface area contributed by atoms with Crippen molar-refractivity contribution in [2.45, 2.75) is 26.8 Å². The molecule has 0 spiro atoms. The van der Waals surface area contributed by atoms with E-state index in [0.29, 0.717) is 32.6 Å². The van der Waals surface area contributed by atoms with E-state index in [1.165, 1.54) is 0 Å². The maximum absolute atomic E-state index is 12.4. The van der Waals surface area contributed by atoms with Gasteiger partial charge in [-0.15, -0.1) is 0 Å². The summed E-state index contributed by atoms with van der Waals surface area (Å²) < 4.78 is 0. The molecular weight excluding hydrogens is 254 g/mol. The Morgan fingerprint density at radius 1 is 1.35 bits per heavy atom. The number of hydrogen-bond donors (Lipinski definition) is 2. The molecule has 0 aliphatic rings. The highest BCUT2D eigenvalue weighted by molar-refractivity contribution is 5.79. The highest BCUT2D eigenvalue weighted by atomic mass is 16.2. The van der Waals surface area contributed by atoms with Crippen LogP contribution in [0.4, 0.5) is 4.79 Å². The van der Waals surface area contributed by atoms with Crippen LogP contribution in [0.5, 0.6) is 0 Å². The summed E-state index contributed by atoms with van der Waals surface area (Å²) >= 11 is 0. The Morgan fingerprint density at radius 3 is 2.55 bits per heavy atom. The largest absolute Gasteiger partial charge is 0.388 e.